The molecule has 0 aliphatic carbocycles. The lowest BCUT2D eigenvalue weighted by Crippen LogP contribution is -1.96. The number of hydrogen-bond acceptors (Lipinski definition) is 1. The van der Waals surface area contributed by atoms with E-state index in [2.05, 4.69) is 13.0 Å². The molecule has 0 radical (unpaired) electrons. The van der Waals surface area contributed by atoms with Gasteiger partial charge in [0.05, 0.1) is 11.6 Å². The van der Waals surface area contributed by atoms with Crippen LogP contribution < -0.4 is 0 Å². The lowest BCUT2D eigenvalue weighted by atomic mass is 9.93. The summed E-state index contributed by atoms with van der Waals surface area (Å²) in [6.45, 7) is 2.09. The molecule has 0 N–H and O–H groups in total. The summed E-state index contributed by atoms with van der Waals surface area (Å²) in [6.07, 6.45) is 0. The molecule has 2 rings (SSSR count). The van der Waals surface area contributed by atoms with E-state index in [-0.39, 0.29) is 5.92 Å². The van der Waals surface area contributed by atoms with E-state index < -0.39 is 0 Å². The van der Waals surface area contributed by atoms with E-state index >= 15 is 0 Å². The van der Waals surface area contributed by atoms with Gasteiger partial charge >= 0.3 is 0 Å². The average Bonchev–Trinajstić information content (AvgIpc) is 2.37. The van der Waals surface area contributed by atoms with Gasteiger partial charge in [-0.05, 0) is 41.5 Å². The van der Waals surface area contributed by atoms with Gasteiger partial charge in [-0.25, -0.2) is 0 Å². The number of halogens is 2. The molecule has 1 unspecified atom stereocenters. The molecule has 0 aliphatic rings. The maximum Gasteiger partial charge on any atom is 0.0991 e. The molecule has 0 heterocycles. The van der Waals surface area contributed by atoms with Crippen molar-refractivity contribution < 1.29 is 0 Å². The third-order valence-corrected chi connectivity index (χ3v) is 3.36. The fraction of sp³-hybridized carbons (Fsp3) is 0.133. The van der Waals surface area contributed by atoms with E-state index in [0.29, 0.717) is 15.6 Å². The molecular formula is C15H11Cl2N. The summed E-state index contributed by atoms with van der Waals surface area (Å²) >= 11 is 12.0. The first-order chi connectivity index (χ1) is 8.60. The van der Waals surface area contributed by atoms with Gasteiger partial charge in [0.1, 0.15) is 0 Å². The van der Waals surface area contributed by atoms with Crippen LogP contribution in [-0.2, 0) is 0 Å². The van der Waals surface area contributed by atoms with Crippen LogP contribution in [0.4, 0.5) is 0 Å². The van der Waals surface area contributed by atoms with Gasteiger partial charge in [-0.1, -0.05) is 42.3 Å². The highest BCUT2D eigenvalue weighted by molar-refractivity contribution is 6.34. The second-order valence-electron chi connectivity index (χ2n) is 4.16. The number of nitriles is 1. The molecule has 0 saturated carbocycles. The number of nitrogens with zero attached hydrogens (tertiary/aromatic N) is 1. The lowest BCUT2D eigenvalue weighted by molar-refractivity contribution is 0.922. The predicted octanol–water partition coefficient (Wildman–Crippen LogP) is 5.02. The molecule has 0 spiro atoms. The van der Waals surface area contributed by atoms with Crippen molar-refractivity contribution in [3.63, 3.8) is 0 Å². The van der Waals surface area contributed by atoms with E-state index in [9.17, 15) is 0 Å². The molecule has 0 fully saturated rings. The van der Waals surface area contributed by atoms with Gasteiger partial charge in [-0.3, -0.25) is 0 Å². The van der Waals surface area contributed by atoms with Crippen molar-refractivity contribution in [3.8, 4) is 6.07 Å². The zero-order valence-electron chi connectivity index (χ0n) is 9.82. The van der Waals surface area contributed by atoms with Crippen LogP contribution in [0.25, 0.3) is 0 Å². The van der Waals surface area contributed by atoms with Crippen molar-refractivity contribution in [2.24, 2.45) is 0 Å². The van der Waals surface area contributed by atoms with Gasteiger partial charge in [0.15, 0.2) is 0 Å². The summed E-state index contributed by atoms with van der Waals surface area (Å²) in [5, 5.41) is 10.0. The first kappa shape index (κ1) is 13.0. The predicted molar refractivity (Wildman–Crippen MR) is 75.1 cm³/mol. The van der Waals surface area contributed by atoms with Crippen LogP contribution >= 0.6 is 23.2 Å². The second-order valence-corrected chi connectivity index (χ2v) is 5.03. The first-order valence-corrected chi connectivity index (χ1v) is 6.32. The number of benzene rings is 2. The van der Waals surface area contributed by atoms with Crippen molar-refractivity contribution in [2.75, 3.05) is 0 Å². The Bertz CT molecular complexity index is 577. The summed E-state index contributed by atoms with van der Waals surface area (Å²) in [5.41, 5.74) is 2.86. The molecule has 0 bridgehead atoms. The largest absolute Gasteiger partial charge is 0.192 e. The summed E-state index contributed by atoms with van der Waals surface area (Å²) in [5.74, 6) is 0.189. The Labute approximate surface area is 117 Å². The van der Waals surface area contributed by atoms with Gasteiger partial charge in [0.2, 0.25) is 0 Å². The van der Waals surface area contributed by atoms with Gasteiger partial charge in [0.25, 0.3) is 0 Å². The monoisotopic (exact) mass is 275 g/mol. The normalized spacial score (nSPS) is 11.9. The Morgan fingerprint density at radius 2 is 1.50 bits per heavy atom. The molecule has 3 heteroatoms. The average molecular weight is 276 g/mol. The van der Waals surface area contributed by atoms with Crippen molar-refractivity contribution in [2.45, 2.75) is 12.8 Å². The molecular weight excluding hydrogens is 265 g/mol. The fourth-order valence-electron chi connectivity index (χ4n) is 1.86. The van der Waals surface area contributed by atoms with Gasteiger partial charge in [0, 0.05) is 16.0 Å². The summed E-state index contributed by atoms with van der Waals surface area (Å²) in [7, 11) is 0. The zero-order chi connectivity index (χ0) is 13.1. The standard InChI is InChI=1S/C15H11Cl2N/c1-10(12-4-2-11(9-18)3-5-12)13-6-14(16)8-15(17)7-13/h2-8,10H,1H3. The molecule has 90 valence electrons. The van der Waals surface area contributed by atoms with E-state index in [1.165, 1.54) is 0 Å². The Hall–Kier alpha value is -1.49. The minimum absolute atomic E-state index is 0.189. The summed E-state index contributed by atoms with van der Waals surface area (Å²) in [4.78, 5) is 0. The van der Waals surface area contributed by atoms with Crippen LogP contribution in [0.15, 0.2) is 42.5 Å². The Kier molecular flexibility index (Phi) is 3.91. The summed E-state index contributed by atoms with van der Waals surface area (Å²) in [6, 6.07) is 15.2. The van der Waals surface area contributed by atoms with E-state index in [4.69, 9.17) is 28.5 Å². The third kappa shape index (κ3) is 2.85. The molecule has 1 nitrogen and oxygen atoms in total. The van der Waals surface area contributed by atoms with Gasteiger partial charge in [-0.2, -0.15) is 5.26 Å². The van der Waals surface area contributed by atoms with Gasteiger partial charge < -0.3 is 0 Å². The maximum absolute atomic E-state index is 8.77. The van der Waals surface area contributed by atoms with Crippen LogP contribution in [0.5, 0.6) is 0 Å². The fourth-order valence-corrected chi connectivity index (χ4v) is 2.41. The highest BCUT2D eigenvalue weighted by atomic mass is 35.5. The van der Waals surface area contributed by atoms with E-state index in [0.717, 1.165) is 11.1 Å². The third-order valence-electron chi connectivity index (χ3n) is 2.92. The molecule has 0 aliphatic heterocycles. The van der Waals surface area contributed by atoms with E-state index in [1.54, 1.807) is 6.07 Å². The quantitative estimate of drug-likeness (QED) is 0.755. The maximum atomic E-state index is 8.77. The van der Waals surface area contributed by atoms with Crippen molar-refractivity contribution in [1.82, 2.24) is 0 Å². The van der Waals surface area contributed by atoms with Crippen molar-refractivity contribution >= 4 is 23.2 Å². The summed E-state index contributed by atoms with van der Waals surface area (Å²) < 4.78 is 0. The molecule has 1 atom stereocenters. The Morgan fingerprint density at radius 3 is 2.00 bits per heavy atom. The molecule has 2 aromatic carbocycles. The Morgan fingerprint density at radius 1 is 0.944 bits per heavy atom. The highest BCUT2D eigenvalue weighted by Crippen LogP contribution is 2.29. The molecule has 0 amide bonds. The molecule has 0 aromatic heterocycles. The van der Waals surface area contributed by atoms with E-state index in [1.807, 2.05) is 36.4 Å². The lowest BCUT2D eigenvalue weighted by Gasteiger charge is -2.13. The van der Waals surface area contributed by atoms with Crippen LogP contribution in [0.2, 0.25) is 10.0 Å². The minimum atomic E-state index is 0.189. The van der Waals surface area contributed by atoms with Crippen LogP contribution in [0, 0.1) is 11.3 Å². The SMILES string of the molecule is CC(c1ccc(C#N)cc1)c1cc(Cl)cc(Cl)c1. The van der Waals surface area contributed by atoms with Crippen molar-refractivity contribution in [3.05, 3.63) is 69.2 Å². The molecule has 2 aromatic rings. The Balaban J connectivity index is 2.35. The number of hydrogen-bond donors (Lipinski definition) is 0. The van der Waals surface area contributed by atoms with Gasteiger partial charge in [-0.15, -0.1) is 0 Å². The highest BCUT2D eigenvalue weighted by Gasteiger charge is 2.10. The molecule has 18 heavy (non-hydrogen) atoms. The smallest absolute Gasteiger partial charge is 0.0991 e. The zero-order valence-corrected chi connectivity index (χ0v) is 11.3. The molecule has 0 saturated heterocycles. The van der Waals surface area contributed by atoms with Crippen molar-refractivity contribution in [1.29, 1.82) is 5.26 Å². The minimum Gasteiger partial charge on any atom is -0.192 e. The second kappa shape index (κ2) is 5.44. The van der Waals surface area contributed by atoms with Crippen LogP contribution in [0.3, 0.4) is 0 Å². The topological polar surface area (TPSA) is 23.8 Å². The first-order valence-electron chi connectivity index (χ1n) is 5.56. The number of rotatable bonds is 2. The van der Waals surface area contributed by atoms with Crippen LogP contribution in [-0.4, -0.2) is 0 Å². The van der Waals surface area contributed by atoms with Crippen LogP contribution in [0.1, 0.15) is 29.5 Å².